The maximum absolute atomic E-state index is 13.5. The summed E-state index contributed by atoms with van der Waals surface area (Å²) in [5.74, 6) is -0.162. The van der Waals surface area contributed by atoms with E-state index < -0.39 is 11.7 Å². The number of ether oxygens (including phenoxy) is 1. The lowest BCUT2D eigenvalue weighted by molar-refractivity contribution is -0.137. The second kappa shape index (κ2) is 8.51. The molecule has 1 saturated heterocycles. The topological polar surface area (TPSA) is 74.2 Å². The van der Waals surface area contributed by atoms with Gasteiger partial charge in [-0.05, 0) is 44.5 Å². The Morgan fingerprint density at radius 2 is 2.00 bits per heavy atom. The Balaban J connectivity index is 1.64. The van der Waals surface area contributed by atoms with E-state index in [-0.39, 0.29) is 31.5 Å². The van der Waals surface area contributed by atoms with Crippen molar-refractivity contribution in [3.63, 3.8) is 0 Å². The number of hydrazone groups is 1. The molecule has 0 bridgehead atoms. The van der Waals surface area contributed by atoms with Gasteiger partial charge in [-0.3, -0.25) is 9.80 Å². The third-order valence-electron chi connectivity index (χ3n) is 5.87. The van der Waals surface area contributed by atoms with Crippen molar-refractivity contribution in [2.75, 3.05) is 31.5 Å². The molecule has 4 rings (SSSR count). The average Bonchev–Trinajstić information content (AvgIpc) is 3.23. The summed E-state index contributed by atoms with van der Waals surface area (Å²) in [6.45, 7) is 3.02. The number of fused-ring (bicyclic) bond motifs is 1. The van der Waals surface area contributed by atoms with Crippen molar-refractivity contribution in [1.29, 1.82) is 0 Å². The molecule has 0 aromatic heterocycles. The Bertz CT molecular complexity index is 889. The van der Waals surface area contributed by atoms with Gasteiger partial charge in [0, 0.05) is 17.9 Å². The predicted molar refractivity (Wildman–Crippen MR) is 110 cm³/mol. The summed E-state index contributed by atoms with van der Waals surface area (Å²) < 4.78 is 45.4. The Morgan fingerprint density at radius 3 is 2.65 bits per heavy atom. The number of carbonyl (C=O) groups is 1. The number of benzene rings is 1. The van der Waals surface area contributed by atoms with Crippen molar-refractivity contribution in [3.8, 4) is 0 Å². The van der Waals surface area contributed by atoms with Crippen LogP contribution in [0.1, 0.15) is 31.7 Å². The molecule has 0 radical (unpaired) electrons. The number of nitrogens with zero attached hydrogens (tertiary/aromatic N) is 4. The second-order valence-corrected chi connectivity index (χ2v) is 7.94. The van der Waals surface area contributed by atoms with Crippen LogP contribution in [0.3, 0.4) is 0 Å². The molecule has 1 fully saturated rings. The fraction of sp³-hybridized carbons (Fsp3) is 0.524. The number of alkyl halides is 3. The molecule has 2 unspecified atom stereocenters. The van der Waals surface area contributed by atoms with Gasteiger partial charge >= 0.3 is 6.18 Å². The third-order valence-corrected chi connectivity index (χ3v) is 5.87. The summed E-state index contributed by atoms with van der Waals surface area (Å²) in [6, 6.07) is 4.97. The van der Waals surface area contributed by atoms with E-state index in [1.54, 1.807) is 29.0 Å². The normalized spacial score (nSPS) is 25.8. The number of amides is 1. The van der Waals surface area contributed by atoms with Crippen LogP contribution in [-0.4, -0.2) is 60.7 Å². The van der Waals surface area contributed by atoms with E-state index in [9.17, 15) is 18.0 Å². The highest BCUT2D eigenvalue weighted by atomic mass is 19.4. The largest absolute Gasteiger partial charge is 0.416 e. The van der Waals surface area contributed by atoms with Crippen molar-refractivity contribution in [2.45, 2.75) is 44.4 Å². The molecule has 3 heterocycles. The van der Waals surface area contributed by atoms with Crippen LogP contribution < -0.4 is 10.6 Å². The van der Waals surface area contributed by atoms with E-state index in [0.29, 0.717) is 30.0 Å². The first kappa shape index (κ1) is 21.6. The highest BCUT2D eigenvalue weighted by molar-refractivity contribution is 5.99. The summed E-state index contributed by atoms with van der Waals surface area (Å²) in [6.07, 6.45) is -0.0560. The number of nitrogens with two attached hydrogens (primary N) is 1. The number of allylic oxidation sites excluding steroid dienone is 1. The number of rotatable bonds is 7. The smallest absolute Gasteiger partial charge is 0.340 e. The summed E-state index contributed by atoms with van der Waals surface area (Å²) in [5.41, 5.74) is 6.27. The van der Waals surface area contributed by atoms with Crippen LogP contribution in [0.25, 0.3) is 0 Å². The van der Waals surface area contributed by atoms with Crippen LogP contribution >= 0.6 is 0 Å². The number of hydrogen-bond donors (Lipinski definition) is 1. The molecule has 0 spiro atoms. The van der Waals surface area contributed by atoms with Gasteiger partial charge < -0.3 is 20.3 Å². The first-order chi connectivity index (χ1) is 14.8. The minimum absolute atomic E-state index is 0.0431. The monoisotopic (exact) mass is 437 g/mol. The molecule has 0 saturated carbocycles. The molecule has 2 N–H and O–H groups in total. The summed E-state index contributed by atoms with van der Waals surface area (Å²) in [4.78, 5) is 16.7. The fourth-order valence-corrected chi connectivity index (χ4v) is 4.03. The molecule has 168 valence electrons. The molecule has 31 heavy (non-hydrogen) atoms. The van der Waals surface area contributed by atoms with Gasteiger partial charge in [0.25, 0.3) is 5.91 Å². The molecular formula is C21H26F3N5O2. The zero-order chi connectivity index (χ0) is 22.2. The van der Waals surface area contributed by atoms with Crippen molar-refractivity contribution in [2.24, 2.45) is 10.8 Å². The minimum atomic E-state index is -4.45. The van der Waals surface area contributed by atoms with Crippen molar-refractivity contribution >= 4 is 17.8 Å². The van der Waals surface area contributed by atoms with Crippen LogP contribution in [0.4, 0.5) is 18.9 Å². The quantitative estimate of drug-likeness (QED) is 0.525. The Labute approximate surface area is 178 Å². The summed E-state index contributed by atoms with van der Waals surface area (Å²) in [7, 11) is 0. The first-order valence-corrected chi connectivity index (χ1v) is 10.4. The van der Waals surface area contributed by atoms with Crippen LogP contribution in [0.15, 0.2) is 40.6 Å². The van der Waals surface area contributed by atoms with E-state index in [1.807, 2.05) is 5.01 Å². The van der Waals surface area contributed by atoms with E-state index in [2.05, 4.69) is 5.10 Å². The lowest BCUT2D eigenvalue weighted by Gasteiger charge is -2.34. The molecule has 1 amide bonds. The van der Waals surface area contributed by atoms with E-state index >= 15 is 0 Å². The zero-order valence-electron chi connectivity index (χ0n) is 17.3. The SMILES string of the molecule is C/C1=C(\C2C3C=NN32)C(=O)N(CCCCCN)COCN1c1cccc(C(F)(F)F)c1. The molecule has 1 aromatic rings. The van der Waals surface area contributed by atoms with Crippen molar-refractivity contribution < 1.29 is 22.7 Å². The van der Waals surface area contributed by atoms with Gasteiger partial charge in [-0.1, -0.05) is 12.5 Å². The lowest BCUT2D eigenvalue weighted by Crippen LogP contribution is -2.42. The number of anilines is 1. The molecule has 1 aromatic carbocycles. The molecular weight excluding hydrogens is 411 g/mol. The Kier molecular flexibility index (Phi) is 5.94. The molecule has 7 nitrogen and oxygen atoms in total. The Hall–Kier alpha value is -2.59. The van der Waals surface area contributed by atoms with E-state index in [0.717, 1.165) is 31.4 Å². The second-order valence-electron chi connectivity index (χ2n) is 7.94. The highest BCUT2D eigenvalue weighted by Crippen LogP contribution is 2.42. The third kappa shape index (κ3) is 4.27. The van der Waals surface area contributed by atoms with Crippen LogP contribution in [0.2, 0.25) is 0 Å². The highest BCUT2D eigenvalue weighted by Gasteiger charge is 2.57. The lowest BCUT2D eigenvalue weighted by atomic mass is 10.0. The molecule has 3 aliphatic rings. The molecule has 0 aliphatic carbocycles. The van der Waals surface area contributed by atoms with Gasteiger partial charge in [0.1, 0.15) is 25.5 Å². The van der Waals surface area contributed by atoms with Crippen LogP contribution in [0, 0.1) is 0 Å². The van der Waals surface area contributed by atoms with Crippen LogP contribution in [-0.2, 0) is 15.7 Å². The van der Waals surface area contributed by atoms with Gasteiger partial charge in [-0.2, -0.15) is 18.3 Å². The molecule has 10 heteroatoms. The van der Waals surface area contributed by atoms with Gasteiger partial charge in [-0.25, -0.2) is 0 Å². The maximum Gasteiger partial charge on any atom is 0.416 e. The number of halogens is 3. The minimum Gasteiger partial charge on any atom is -0.340 e. The predicted octanol–water partition coefficient (Wildman–Crippen LogP) is 2.74. The van der Waals surface area contributed by atoms with E-state index in [1.165, 1.54) is 6.07 Å². The summed E-state index contributed by atoms with van der Waals surface area (Å²) in [5, 5.41) is 6.00. The average molecular weight is 437 g/mol. The number of hydrogen-bond acceptors (Lipinski definition) is 6. The van der Waals surface area contributed by atoms with Crippen molar-refractivity contribution in [3.05, 3.63) is 41.1 Å². The maximum atomic E-state index is 13.5. The molecule has 3 aliphatic heterocycles. The van der Waals surface area contributed by atoms with Gasteiger partial charge in [0.2, 0.25) is 0 Å². The number of carbonyl (C=O) groups excluding carboxylic acids is 1. The van der Waals surface area contributed by atoms with Crippen molar-refractivity contribution in [1.82, 2.24) is 9.91 Å². The summed E-state index contributed by atoms with van der Waals surface area (Å²) >= 11 is 0. The standard InChI is InChI=1S/C21H26F3N5O2/c1-14-18(19-17-11-26-29(17)19)20(30)27(9-4-2-3-8-25)12-31-13-28(14)16-7-5-6-15(10-16)21(22,23)24/h5-7,10-11,17,19H,2-4,8-9,12-13,25H2,1H3/b18-14-. The van der Waals surface area contributed by atoms with Gasteiger partial charge in [0.05, 0.1) is 17.4 Å². The molecule has 2 atom stereocenters. The Morgan fingerprint density at radius 1 is 1.23 bits per heavy atom. The van der Waals surface area contributed by atoms with Gasteiger partial charge in [0.15, 0.2) is 0 Å². The van der Waals surface area contributed by atoms with Crippen LogP contribution in [0.5, 0.6) is 0 Å². The fourth-order valence-electron chi connectivity index (χ4n) is 4.03. The van der Waals surface area contributed by atoms with Gasteiger partial charge in [-0.15, -0.1) is 0 Å². The van der Waals surface area contributed by atoms with E-state index in [4.69, 9.17) is 10.5 Å². The number of unbranched alkanes of at least 4 members (excludes halogenated alkanes) is 2. The zero-order valence-corrected chi connectivity index (χ0v) is 17.3. The first-order valence-electron chi connectivity index (χ1n) is 10.4.